The number of benzene rings is 1. The summed E-state index contributed by atoms with van der Waals surface area (Å²) in [6, 6.07) is 4.17. The minimum absolute atomic E-state index is 0.0151. The van der Waals surface area contributed by atoms with Crippen molar-refractivity contribution in [3.63, 3.8) is 0 Å². The van der Waals surface area contributed by atoms with Gasteiger partial charge in [0.2, 0.25) is 0 Å². The molecule has 17 heavy (non-hydrogen) atoms. The zero-order valence-electron chi connectivity index (χ0n) is 9.21. The Morgan fingerprint density at radius 1 is 1.59 bits per heavy atom. The van der Waals surface area contributed by atoms with Crippen molar-refractivity contribution in [1.82, 2.24) is 0 Å². The van der Waals surface area contributed by atoms with Crippen molar-refractivity contribution < 1.29 is 19.2 Å². The van der Waals surface area contributed by atoms with Crippen LogP contribution in [0.3, 0.4) is 0 Å². The quantitative estimate of drug-likeness (QED) is 0.342. The van der Waals surface area contributed by atoms with E-state index < -0.39 is 10.9 Å². The molecule has 1 heterocycles. The van der Waals surface area contributed by atoms with Gasteiger partial charge in [-0.1, -0.05) is 0 Å². The number of esters is 1. The Bertz CT molecular complexity index is 467. The summed E-state index contributed by atoms with van der Waals surface area (Å²) in [5.74, 6) is -0.563. The van der Waals surface area contributed by atoms with E-state index >= 15 is 0 Å². The lowest BCUT2D eigenvalue weighted by atomic mass is 10.1. The van der Waals surface area contributed by atoms with Gasteiger partial charge in [-0.15, -0.1) is 0 Å². The highest BCUT2D eigenvalue weighted by molar-refractivity contribution is 5.90. The maximum Gasteiger partial charge on any atom is 0.338 e. The number of rotatable bonds is 4. The van der Waals surface area contributed by atoms with Crippen LogP contribution in [0.15, 0.2) is 18.2 Å². The van der Waals surface area contributed by atoms with Gasteiger partial charge in [0.1, 0.15) is 12.7 Å². The van der Waals surface area contributed by atoms with E-state index in [9.17, 15) is 14.9 Å². The Balaban J connectivity index is 2.12. The Hall–Kier alpha value is -1.95. The molecule has 6 nitrogen and oxygen atoms in total. The van der Waals surface area contributed by atoms with Gasteiger partial charge < -0.3 is 9.47 Å². The van der Waals surface area contributed by atoms with Gasteiger partial charge in [-0.3, -0.25) is 10.1 Å². The fourth-order valence-corrected chi connectivity index (χ4v) is 1.40. The van der Waals surface area contributed by atoms with E-state index in [-0.39, 0.29) is 24.0 Å². The highest BCUT2D eigenvalue weighted by Crippen LogP contribution is 2.18. The number of hydrogen-bond acceptors (Lipinski definition) is 5. The summed E-state index contributed by atoms with van der Waals surface area (Å²) in [6.07, 6.45) is -0.0151. The summed E-state index contributed by atoms with van der Waals surface area (Å²) in [6.45, 7) is 2.48. The molecule has 0 aliphatic carbocycles. The van der Waals surface area contributed by atoms with Crippen LogP contribution in [-0.2, 0) is 9.47 Å². The highest BCUT2D eigenvalue weighted by Gasteiger charge is 2.25. The van der Waals surface area contributed by atoms with Crippen molar-refractivity contribution in [1.29, 1.82) is 0 Å². The summed E-state index contributed by atoms with van der Waals surface area (Å²) in [5.41, 5.74) is 0.728. The molecule has 1 atom stereocenters. The molecule has 6 heteroatoms. The molecule has 1 fully saturated rings. The van der Waals surface area contributed by atoms with Crippen molar-refractivity contribution in [2.45, 2.75) is 13.0 Å². The molecule has 2 rings (SSSR count). The lowest BCUT2D eigenvalue weighted by Crippen LogP contribution is -2.10. The maximum atomic E-state index is 11.6. The normalized spacial score (nSPS) is 17.6. The van der Waals surface area contributed by atoms with E-state index in [1.807, 2.05) is 0 Å². The predicted octanol–water partition coefficient (Wildman–Crippen LogP) is 1.46. The van der Waals surface area contributed by atoms with Gasteiger partial charge in [-0.05, 0) is 18.6 Å². The number of non-ortho nitro benzene ring substituents is 1. The van der Waals surface area contributed by atoms with Crippen molar-refractivity contribution in [2.24, 2.45) is 0 Å². The lowest BCUT2D eigenvalue weighted by molar-refractivity contribution is -0.384. The largest absolute Gasteiger partial charge is 0.459 e. The zero-order valence-corrected chi connectivity index (χ0v) is 9.21. The fourth-order valence-electron chi connectivity index (χ4n) is 1.40. The third-order valence-electron chi connectivity index (χ3n) is 2.31. The van der Waals surface area contributed by atoms with Gasteiger partial charge in [0.25, 0.3) is 5.69 Å². The van der Waals surface area contributed by atoms with Gasteiger partial charge in [0.05, 0.1) is 17.1 Å². The number of carbonyl (C=O) groups excluding carboxylic acids is 1. The molecule has 0 N–H and O–H groups in total. The SMILES string of the molecule is Cc1cc(C(=O)OC[C@H]2CO2)cc([N+](=O)[O-])c1. The number of nitro benzene ring substituents is 1. The van der Waals surface area contributed by atoms with Crippen LogP contribution in [0, 0.1) is 17.0 Å². The minimum Gasteiger partial charge on any atom is -0.459 e. The molecule has 0 unspecified atom stereocenters. The molecule has 0 amide bonds. The summed E-state index contributed by atoms with van der Waals surface area (Å²) < 4.78 is 9.85. The van der Waals surface area contributed by atoms with E-state index in [1.54, 1.807) is 13.0 Å². The van der Waals surface area contributed by atoms with Crippen LogP contribution in [0.5, 0.6) is 0 Å². The van der Waals surface area contributed by atoms with Crippen molar-refractivity contribution in [2.75, 3.05) is 13.2 Å². The second-order valence-corrected chi connectivity index (χ2v) is 3.87. The van der Waals surface area contributed by atoms with Gasteiger partial charge in [-0.2, -0.15) is 0 Å². The minimum atomic E-state index is -0.563. The van der Waals surface area contributed by atoms with Crippen LogP contribution >= 0.6 is 0 Å². The van der Waals surface area contributed by atoms with Crippen molar-refractivity contribution >= 4 is 11.7 Å². The molecule has 1 aromatic rings. The second kappa shape index (κ2) is 4.50. The predicted molar refractivity (Wildman–Crippen MR) is 57.9 cm³/mol. The molecule has 1 saturated heterocycles. The summed E-state index contributed by atoms with van der Waals surface area (Å²) in [4.78, 5) is 21.7. The van der Waals surface area contributed by atoms with Crippen LogP contribution in [0.2, 0.25) is 0 Å². The first-order valence-corrected chi connectivity index (χ1v) is 5.11. The van der Waals surface area contributed by atoms with Gasteiger partial charge >= 0.3 is 5.97 Å². The van der Waals surface area contributed by atoms with E-state index in [2.05, 4.69) is 0 Å². The first kappa shape index (κ1) is 11.5. The fraction of sp³-hybridized carbons (Fsp3) is 0.364. The highest BCUT2D eigenvalue weighted by atomic mass is 16.6. The topological polar surface area (TPSA) is 82.0 Å². The molecule has 0 aromatic heterocycles. The average Bonchev–Trinajstić information content (AvgIpc) is 3.08. The number of hydrogen-bond donors (Lipinski definition) is 0. The van der Waals surface area contributed by atoms with E-state index in [0.29, 0.717) is 12.2 Å². The van der Waals surface area contributed by atoms with Crippen LogP contribution in [0.4, 0.5) is 5.69 Å². The molecule has 0 radical (unpaired) electrons. The van der Waals surface area contributed by atoms with E-state index in [1.165, 1.54) is 12.1 Å². The number of nitrogens with zero attached hydrogens (tertiary/aromatic N) is 1. The number of aryl methyl sites for hydroxylation is 1. The van der Waals surface area contributed by atoms with Crippen LogP contribution in [0.25, 0.3) is 0 Å². The molecule has 1 aromatic carbocycles. The molecule has 1 aliphatic heterocycles. The monoisotopic (exact) mass is 237 g/mol. The molecule has 0 saturated carbocycles. The molecular formula is C11H11NO5. The molecular weight excluding hydrogens is 226 g/mol. The first-order chi connectivity index (χ1) is 8.06. The zero-order chi connectivity index (χ0) is 12.4. The van der Waals surface area contributed by atoms with Gasteiger partial charge in [0.15, 0.2) is 0 Å². The maximum absolute atomic E-state index is 11.6. The summed E-state index contributed by atoms with van der Waals surface area (Å²) >= 11 is 0. The van der Waals surface area contributed by atoms with Crippen LogP contribution < -0.4 is 0 Å². The Kier molecular flexibility index (Phi) is 3.06. The van der Waals surface area contributed by atoms with Crippen molar-refractivity contribution in [3.8, 4) is 0 Å². The molecule has 0 spiro atoms. The molecule has 1 aliphatic rings. The van der Waals surface area contributed by atoms with Crippen LogP contribution in [-0.4, -0.2) is 30.2 Å². The van der Waals surface area contributed by atoms with Crippen molar-refractivity contribution in [3.05, 3.63) is 39.4 Å². The van der Waals surface area contributed by atoms with Crippen LogP contribution in [0.1, 0.15) is 15.9 Å². The van der Waals surface area contributed by atoms with E-state index in [4.69, 9.17) is 9.47 Å². The number of epoxide rings is 1. The number of carbonyl (C=O) groups is 1. The third-order valence-corrected chi connectivity index (χ3v) is 2.31. The average molecular weight is 237 g/mol. The lowest BCUT2D eigenvalue weighted by Gasteiger charge is -2.03. The van der Waals surface area contributed by atoms with Gasteiger partial charge in [-0.25, -0.2) is 4.79 Å². The third kappa shape index (κ3) is 3.01. The first-order valence-electron chi connectivity index (χ1n) is 5.11. The second-order valence-electron chi connectivity index (χ2n) is 3.87. The number of nitro groups is 1. The summed E-state index contributed by atoms with van der Waals surface area (Å²) in [5, 5.41) is 10.6. The molecule has 90 valence electrons. The molecule has 0 bridgehead atoms. The Morgan fingerprint density at radius 3 is 2.88 bits per heavy atom. The number of ether oxygens (including phenoxy) is 2. The Labute approximate surface area is 97.3 Å². The Morgan fingerprint density at radius 2 is 2.29 bits per heavy atom. The van der Waals surface area contributed by atoms with E-state index in [0.717, 1.165) is 0 Å². The standard InChI is InChI=1S/C11H11NO5/c1-7-2-8(4-9(3-7)12(14)15)11(13)17-6-10-5-16-10/h2-4,10H,5-6H2,1H3/t10-/m1/s1. The van der Waals surface area contributed by atoms with Gasteiger partial charge in [0, 0.05) is 12.1 Å². The smallest absolute Gasteiger partial charge is 0.338 e. The summed E-state index contributed by atoms with van der Waals surface area (Å²) in [7, 11) is 0.